The third kappa shape index (κ3) is 2.33. The number of sulfone groups is 1. The molecule has 0 aliphatic carbocycles. The fourth-order valence-electron chi connectivity index (χ4n) is 2.93. The number of carbonyl (C=O) groups is 1. The molecule has 0 aromatic heterocycles. The molecule has 20 heavy (non-hydrogen) atoms. The standard InChI is InChI=1S/C14H17NO4S/c1-10-4-2-3-5-11(10)14(16)15-6-7-19-13-9-20(17,18)8-12(13)15/h2-5,12-13H,6-9H2,1H3. The maximum absolute atomic E-state index is 12.6. The number of aryl methyl sites for hydroxylation is 1. The molecule has 0 N–H and O–H groups in total. The fourth-order valence-corrected chi connectivity index (χ4v) is 4.80. The molecule has 2 aliphatic rings. The van der Waals surface area contributed by atoms with Crippen molar-refractivity contribution < 1.29 is 17.9 Å². The number of amides is 1. The average Bonchev–Trinajstić information content (AvgIpc) is 2.72. The highest BCUT2D eigenvalue weighted by atomic mass is 32.2. The van der Waals surface area contributed by atoms with Crippen molar-refractivity contribution in [1.29, 1.82) is 0 Å². The molecule has 0 spiro atoms. The van der Waals surface area contributed by atoms with E-state index in [1.165, 1.54) is 0 Å². The predicted octanol–water partition coefficient (Wildman–Crippen LogP) is 0.633. The van der Waals surface area contributed by atoms with Crippen molar-refractivity contribution in [3.8, 4) is 0 Å². The summed E-state index contributed by atoms with van der Waals surface area (Å²) in [6.07, 6.45) is -0.373. The van der Waals surface area contributed by atoms with Gasteiger partial charge in [-0.3, -0.25) is 4.79 Å². The lowest BCUT2D eigenvalue weighted by Gasteiger charge is -2.36. The van der Waals surface area contributed by atoms with Crippen LogP contribution < -0.4 is 0 Å². The van der Waals surface area contributed by atoms with Crippen molar-refractivity contribution in [2.24, 2.45) is 0 Å². The van der Waals surface area contributed by atoms with Gasteiger partial charge in [-0.1, -0.05) is 18.2 Å². The Hall–Kier alpha value is -1.40. The number of carbonyl (C=O) groups excluding carboxylic acids is 1. The normalized spacial score (nSPS) is 28.1. The fraction of sp³-hybridized carbons (Fsp3) is 0.500. The van der Waals surface area contributed by atoms with Gasteiger partial charge in [0.1, 0.15) is 0 Å². The number of ether oxygens (including phenoxy) is 1. The molecule has 2 atom stereocenters. The minimum absolute atomic E-state index is 0.00921. The molecule has 1 aromatic carbocycles. The molecule has 6 heteroatoms. The van der Waals surface area contributed by atoms with Gasteiger partial charge < -0.3 is 9.64 Å². The maximum Gasteiger partial charge on any atom is 0.254 e. The molecule has 1 aromatic rings. The molecule has 2 aliphatic heterocycles. The third-order valence-electron chi connectivity index (χ3n) is 3.97. The van der Waals surface area contributed by atoms with Crippen LogP contribution in [0.1, 0.15) is 15.9 Å². The van der Waals surface area contributed by atoms with Crippen molar-refractivity contribution >= 4 is 15.7 Å². The Morgan fingerprint density at radius 3 is 2.80 bits per heavy atom. The van der Waals surface area contributed by atoms with Gasteiger partial charge in [-0.15, -0.1) is 0 Å². The zero-order chi connectivity index (χ0) is 14.3. The van der Waals surface area contributed by atoms with E-state index >= 15 is 0 Å². The van der Waals surface area contributed by atoms with Crippen molar-refractivity contribution in [3.05, 3.63) is 35.4 Å². The van der Waals surface area contributed by atoms with Crippen molar-refractivity contribution in [1.82, 2.24) is 4.90 Å². The Morgan fingerprint density at radius 2 is 2.05 bits per heavy atom. The summed E-state index contributed by atoms with van der Waals surface area (Å²) in [5, 5.41) is 0. The quantitative estimate of drug-likeness (QED) is 0.762. The van der Waals surface area contributed by atoms with Crippen LogP contribution in [0.3, 0.4) is 0 Å². The van der Waals surface area contributed by atoms with Gasteiger partial charge in [-0.05, 0) is 18.6 Å². The lowest BCUT2D eigenvalue weighted by atomic mass is 10.0. The maximum atomic E-state index is 12.6. The van der Waals surface area contributed by atoms with Gasteiger partial charge in [0.2, 0.25) is 0 Å². The van der Waals surface area contributed by atoms with E-state index < -0.39 is 9.84 Å². The second-order valence-corrected chi connectivity index (χ2v) is 7.52. The molecule has 0 saturated carbocycles. The van der Waals surface area contributed by atoms with Crippen molar-refractivity contribution in [2.75, 3.05) is 24.7 Å². The first-order valence-electron chi connectivity index (χ1n) is 6.66. The third-order valence-corrected chi connectivity index (χ3v) is 5.66. The summed E-state index contributed by atoms with van der Waals surface area (Å²) in [4.78, 5) is 14.3. The van der Waals surface area contributed by atoms with Crippen LogP contribution in [0.5, 0.6) is 0 Å². The first-order valence-corrected chi connectivity index (χ1v) is 8.49. The summed E-state index contributed by atoms with van der Waals surface area (Å²) >= 11 is 0. The molecule has 2 fully saturated rings. The second kappa shape index (κ2) is 4.86. The molecule has 2 heterocycles. The molecule has 1 amide bonds. The predicted molar refractivity (Wildman–Crippen MR) is 74.4 cm³/mol. The number of hydrogen-bond acceptors (Lipinski definition) is 4. The van der Waals surface area contributed by atoms with Crippen LogP contribution >= 0.6 is 0 Å². The SMILES string of the molecule is Cc1ccccc1C(=O)N1CCOC2CS(=O)(=O)CC21. The summed E-state index contributed by atoms with van der Waals surface area (Å²) < 4.78 is 29.0. The van der Waals surface area contributed by atoms with Crippen LogP contribution in [-0.4, -0.2) is 56.0 Å². The highest BCUT2D eigenvalue weighted by Gasteiger charge is 2.45. The zero-order valence-electron chi connectivity index (χ0n) is 11.3. The Labute approximate surface area is 118 Å². The van der Waals surface area contributed by atoms with E-state index in [9.17, 15) is 13.2 Å². The first kappa shape index (κ1) is 13.6. The van der Waals surface area contributed by atoms with E-state index in [1.807, 2.05) is 25.1 Å². The largest absolute Gasteiger partial charge is 0.373 e. The van der Waals surface area contributed by atoms with Gasteiger partial charge in [0.15, 0.2) is 9.84 Å². The Morgan fingerprint density at radius 1 is 1.30 bits per heavy atom. The molecular weight excluding hydrogens is 278 g/mol. The lowest BCUT2D eigenvalue weighted by molar-refractivity contribution is -0.0361. The molecule has 108 valence electrons. The van der Waals surface area contributed by atoms with Gasteiger partial charge in [0.05, 0.1) is 30.3 Å². The van der Waals surface area contributed by atoms with Crippen LogP contribution in [0.15, 0.2) is 24.3 Å². The second-order valence-electron chi connectivity index (χ2n) is 5.37. The highest BCUT2D eigenvalue weighted by molar-refractivity contribution is 7.91. The van der Waals surface area contributed by atoms with E-state index in [1.54, 1.807) is 11.0 Å². The summed E-state index contributed by atoms with van der Waals surface area (Å²) in [6.45, 7) is 2.73. The topological polar surface area (TPSA) is 63.7 Å². The molecule has 2 unspecified atom stereocenters. The van der Waals surface area contributed by atoms with Gasteiger partial charge in [0, 0.05) is 12.1 Å². The highest BCUT2D eigenvalue weighted by Crippen LogP contribution is 2.26. The smallest absolute Gasteiger partial charge is 0.254 e. The van der Waals surface area contributed by atoms with Crippen LogP contribution in [-0.2, 0) is 14.6 Å². The lowest BCUT2D eigenvalue weighted by Crippen LogP contribution is -2.53. The summed E-state index contributed by atoms with van der Waals surface area (Å²) in [5.41, 5.74) is 1.54. The Bertz CT molecular complexity index is 640. The summed E-state index contributed by atoms with van der Waals surface area (Å²) in [5.74, 6) is -0.0664. The van der Waals surface area contributed by atoms with Gasteiger partial charge >= 0.3 is 0 Å². The molecule has 0 bridgehead atoms. The van der Waals surface area contributed by atoms with Gasteiger partial charge in [-0.2, -0.15) is 0 Å². The number of fused-ring (bicyclic) bond motifs is 1. The van der Waals surface area contributed by atoms with E-state index in [4.69, 9.17) is 4.74 Å². The van der Waals surface area contributed by atoms with Gasteiger partial charge in [0.25, 0.3) is 5.91 Å². The zero-order valence-corrected chi connectivity index (χ0v) is 12.1. The number of benzene rings is 1. The van der Waals surface area contributed by atoms with E-state index in [0.717, 1.165) is 5.56 Å². The number of hydrogen-bond donors (Lipinski definition) is 0. The van der Waals surface area contributed by atoms with Crippen LogP contribution in [0.2, 0.25) is 0 Å². The Balaban J connectivity index is 1.90. The van der Waals surface area contributed by atoms with Crippen molar-refractivity contribution in [3.63, 3.8) is 0 Å². The van der Waals surface area contributed by atoms with Crippen LogP contribution in [0.25, 0.3) is 0 Å². The number of morpholine rings is 1. The van der Waals surface area contributed by atoms with Crippen molar-refractivity contribution in [2.45, 2.75) is 19.1 Å². The minimum Gasteiger partial charge on any atom is -0.373 e. The Kier molecular flexibility index (Phi) is 3.30. The van der Waals surface area contributed by atoms with Gasteiger partial charge in [-0.25, -0.2) is 8.42 Å². The van der Waals surface area contributed by atoms with Crippen LogP contribution in [0.4, 0.5) is 0 Å². The monoisotopic (exact) mass is 295 g/mol. The first-order chi connectivity index (χ1) is 9.48. The van der Waals surface area contributed by atoms with Crippen LogP contribution in [0, 0.1) is 6.92 Å². The number of nitrogens with zero attached hydrogens (tertiary/aromatic N) is 1. The minimum atomic E-state index is -3.11. The number of rotatable bonds is 1. The summed E-state index contributed by atoms with van der Waals surface area (Å²) in [7, 11) is -3.11. The molecule has 3 rings (SSSR count). The summed E-state index contributed by atoms with van der Waals surface area (Å²) in [6, 6.07) is 7.03. The van der Waals surface area contributed by atoms with E-state index in [-0.39, 0.29) is 29.6 Å². The molecule has 5 nitrogen and oxygen atoms in total. The van der Waals surface area contributed by atoms with E-state index in [2.05, 4.69) is 0 Å². The molecule has 2 saturated heterocycles. The molecular formula is C14H17NO4S. The average molecular weight is 295 g/mol. The molecule has 0 radical (unpaired) electrons. The van der Waals surface area contributed by atoms with E-state index in [0.29, 0.717) is 18.7 Å².